The molecule has 2 heterocycles. The lowest BCUT2D eigenvalue weighted by atomic mass is 9.95. The van der Waals surface area contributed by atoms with E-state index in [1.807, 2.05) is 13.0 Å². The lowest BCUT2D eigenvalue weighted by molar-refractivity contribution is -0.154. The molecule has 25 nitrogen and oxygen atoms in total. The summed E-state index contributed by atoms with van der Waals surface area (Å²) in [6, 6.07) is -0.470. The first-order chi connectivity index (χ1) is 39.6. The van der Waals surface area contributed by atoms with Crippen molar-refractivity contribution < 1.29 is 76.9 Å². The van der Waals surface area contributed by atoms with E-state index in [1.165, 1.54) is 38.1 Å². The maximum Gasteiger partial charge on any atom is 0.328 e. The number of methoxy groups -OCH3 is 3. The van der Waals surface area contributed by atoms with Gasteiger partial charge in [-0.15, -0.1) is 0 Å². The number of rotatable bonds is 31. The molecular weight excluding hydrogens is 1090 g/mol. The number of aliphatic hydroxyl groups is 1. The second kappa shape index (κ2) is 33.9. The Morgan fingerprint density at radius 2 is 1.13 bits per heavy atom. The number of carbonyl (C=O) groups excluding carboxylic acids is 12. The van der Waals surface area contributed by atoms with E-state index in [-0.39, 0.29) is 64.0 Å². The number of ether oxygens (including phenoxy) is 3. The number of likely N-dealkylation sites (tertiary alicyclic amines) is 2. The van der Waals surface area contributed by atoms with Gasteiger partial charge in [0.15, 0.2) is 0 Å². The molecule has 0 aromatic heterocycles. The molecule has 0 bridgehead atoms. The first-order valence-corrected chi connectivity index (χ1v) is 29.1. The fraction of sp³-hybridized carbons (Fsp3) is 0.695. The van der Waals surface area contributed by atoms with Gasteiger partial charge in [0.05, 0.1) is 27.9 Å². The summed E-state index contributed by atoms with van der Waals surface area (Å²) in [4.78, 5) is 171. The van der Waals surface area contributed by atoms with E-state index in [2.05, 4.69) is 21.3 Å². The monoisotopic (exact) mass is 1180 g/mol. The summed E-state index contributed by atoms with van der Waals surface area (Å²) >= 11 is 0. The van der Waals surface area contributed by atoms with Gasteiger partial charge in [-0.25, -0.2) is 4.79 Å². The van der Waals surface area contributed by atoms with Gasteiger partial charge in [0, 0.05) is 53.5 Å². The average Bonchev–Trinajstić information content (AvgIpc) is 4.35. The molecule has 0 saturated carbocycles. The molecule has 470 valence electrons. The number of carbonyl (C=O) groups is 12. The zero-order valence-corrected chi connectivity index (χ0v) is 51.6. The number of nitrogens with one attached hydrogen (secondary N) is 4. The summed E-state index contributed by atoms with van der Waals surface area (Å²) in [6.07, 6.45) is 0.0354. The smallest absolute Gasteiger partial charge is 0.328 e. The largest absolute Gasteiger partial charge is 0.469 e. The third-order valence-electron chi connectivity index (χ3n) is 16.2. The fourth-order valence-electron chi connectivity index (χ4n) is 10.5. The number of esters is 3. The van der Waals surface area contributed by atoms with Crippen molar-refractivity contribution in [3.63, 3.8) is 0 Å². The molecule has 0 spiro atoms. The summed E-state index contributed by atoms with van der Waals surface area (Å²) < 4.78 is 14.5. The van der Waals surface area contributed by atoms with Crippen LogP contribution in [0.15, 0.2) is 30.3 Å². The molecule has 2 fully saturated rings. The van der Waals surface area contributed by atoms with Gasteiger partial charge in [-0.1, -0.05) is 98.6 Å². The maximum atomic E-state index is 14.7. The Balaban J connectivity index is 1.84. The highest BCUT2D eigenvalue weighted by Crippen LogP contribution is 2.25. The SMILES string of the molecule is CCC(C)C(O)C(=O)N[C@@H](Cc1ccccc1)C(=O)N1CCC[C@H]1C(=O)NCC(=O)N(C)[C@H](C(=O)N(C)[C@@H](CCC(=O)OC)C(=O)N[C@H](C(=O)N1CCCC1C(=O)N[C@H](C(=O)N(C)[C@@H](CCC(=O)OC)C(=O)OC)C(C)C)[C@@H](C)CC)C(C)C. The van der Waals surface area contributed by atoms with Crippen molar-refractivity contribution in [3.05, 3.63) is 35.9 Å². The number of likely N-dealkylation sites (N-methyl/N-ethyl adjacent to an activating group) is 3. The molecule has 5 N–H and O–H groups in total. The van der Waals surface area contributed by atoms with E-state index in [0.29, 0.717) is 25.7 Å². The number of hydrogen-bond donors (Lipinski definition) is 5. The minimum Gasteiger partial charge on any atom is -0.469 e. The van der Waals surface area contributed by atoms with Gasteiger partial charge in [-0.05, 0) is 67.8 Å². The second-order valence-electron chi connectivity index (χ2n) is 22.7. The van der Waals surface area contributed by atoms with Crippen molar-refractivity contribution in [2.45, 2.75) is 180 Å². The average molecular weight is 1180 g/mol. The van der Waals surface area contributed by atoms with Crippen molar-refractivity contribution in [3.8, 4) is 0 Å². The molecule has 9 amide bonds. The highest BCUT2D eigenvalue weighted by Gasteiger charge is 2.45. The summed E-state index contributed by atoms with van der Waals surface area (Å²) in [5.41, 5.74) is 0.738. The quantitative estimate of drug-likeness (QED) is 0.0514. The Bertz CT molecular complexity index is 2460. The van der Waals surface area contributed by atoms with Gasteiger partial charge >= 0.3 is 17.9 Å². The van der Waals surface area contributed by atoms with Crippen molar-refractivity contribution >= 4 is 71.1 Å². The summed E-state index contributed by atoms with van der Waals surface area (Å²) in [5.74, 6) is -10.1. The van der Waals surface area contributed by atoms with Crippen LogP contribution in [-0.2, 0) is 78.2 Å². The van der Waals surface area contributed by atoms with Crippen molar-refractivity contribution in [1.29, 1.82) is 0 Å². The van der Waals surface area contributed by atoms with Crippen LogP contribution in [-0.4, -0.2) is 217 Å². The number of nitrogens with zero attached hydrogens (tertiary/aromatic N) is 5. The third-order valence-corrected chi connectivity index (χ3v) is 16.2. The lowest BCUT2D eigenvalue weighted by Crippen LogP contribution is -2.61. The molecule has 3 rings (SSSR count). The third kappa shape index (κ3) is 19.2. The minimum absolute atomic E-state index is 0.0869. The first kappa shape index (κ1) is 71.1. The van der Waals surface area contributed by atoms with Crippen LogP contribution in [0, 0.1) is 23.7 Å². The molecule has 3 unspecified atom stereocenters. The molecule has 1 aromatic carbocycles. The van der Waals surface area contributed by atoms with Crippen LogP contribution in [0.1, 0.15) is 125 Å². The van der Waals surface area contributed by atoms with Crippen molar-refractivity contribution in [2.75, 3.05) is 62.1 Å². The van der Waals surface area contributed by atoms with E-state index >= 15 is 0 Å². The van der Waals surface area contributed by atoms with Crippen LogP contribution in [0.5, 0.6) is 0 Å². The molecule has 11 atom stereocenters. The Hall–Kier alpha value is -7.18. The molecular formula is C59H93N9O16. The maximum absolute atomic E-state index is 14.7. The Kier molecular flexibility index (Phi) is 28.7. The number of benzene rings is 1. The molecule has 84 heavy (non-hydrogen) atoms. The van der Waals surface area contributed by atoms with Crippen LogP contribution >= 0.6 is 0 Å². The van der Waals surface area contributed by atoms with E-state index in [4.69, 9.17) is 14.2 Å². The highest BCUT2D eigenvalue weighted by molar-refractivity contribution is 5.98. The zero-order chi connectivity index (χ0) is 63.3. The highest BCUT2D eigenvalue weighted by atomic mass is 16.5. The van der Waals surface area contributed by atoms with Crippen LogP contribution in [0.3, 0.4) is 0 Å². The van der Waals surface area contributed by atoms with Gasteiger partial charge in [0.1, 0.15) is 54.4 Å². The van der Waals surface area contributed by atoms with Gasteiger partial charge in [0.25, 0.3) is 0 Å². The van der Waals surface area contributed by atoms with Crippen LogP contribution in [0.2, 0.25) is 0 Å². The number of hydrogen-bond acceptors (Lipinski definition) is 16. The Labute approximate surface area is 494 Å². The summed E-state index contributed by atoms with van der Waals surface area (Å²) in [6.45, 7) is 13.6. The van der Waals surface area contributed by atoms with E-state index in [0.717, 1.165) is 34.5 Å². The summed E-state index contributed by atoms with van der Waals surface area (Å²) in [7, 11) is 7.56. The van der Waals surface area contributed by atoms with E-state index in [9.17, 15) is 62.6 Å². The molecule has 1 aromatic rings. The first-order valence-electron chi connectivity index (χ1n) is 29.1. The minimum atomic E-state index is -1.41. The normalized spacial score (nSPS) is 18.1. The second-order valence-corrected chi connectivity index (χ2v) is 22.7. The lowest BCUT2D eigenvalue weighted by Gasteiger charge is -2.37. The predicted molar refractivity (Wildman–Crippen MR) is 307 cm³/mol. The Morgan fingerprint density at radius 1 is 0.607 bits per heavy atom. The molecule has 2 saturated heterocycles. The van der Waals surface area contributed by atoms with Crippen molar-refractivity contribution in [2.24, 2.45) is 23.7 Å². The van der Waals surface area contributed by atoms with Crippen molar-refractivity contribution in [1.82, 2.24) is 45.8 Å². The van der Waals surface area contributed by atoms with Gasteiger partial charge in [-0.2, -0.15) is 0 Å². The molecule has 0 radical (unpaired) electrons. The molecule has 25 heteroatoms. The van der Waals surface area contributed by atoms with E-state index in [1.54, 1.807) is 72.7 Å². The number of amides is 9. The van der Waals surface area contributed by atoms with Gasteiger partial charge < -0.3 is 65.1 Å². The van der Waals surface area contributed by atoms with Crippen LogP contribution in [0.25, 0.3) is 0 Å². The van der Waals surface area contributed by atoms with E-state index < -0.39 is 150 Å². The molecule has 0 aliphatic carbocycles. The fourth-order valence-corrected chi connectivity index (χ4v) is 10.5. The standard InChI is InChI=1S/C59H93N9O16/c1-15-36(7)48(57(79)68-31-21-25-42(68)53(75)62-47(34(3)4)56(78)65(10)43(59(81)84-14)27-29-46(71)83-13)63-52(74)40(26-28-45(70)82-12)64(9)58(80)49(35(5)6)66(11)44(69)33-60-51(73)41-24-20-30-67(41)55(77)39(32-38-22-18-17-19-23-38)61-54(76)50(72)37(8)16-2/h17-19,22-23,34-37,39-43,47-50,72H,15-16,20-21,24-33H2,1-14H3,(H,60,73)(H,61,76)(H,62,75)(H,63,74)/t36-,37?,39-,40-,41-,42?,43-,47-,48-,49-,50?/m0/s1. The van der Waals surface area contributed by atoms with Gasteiger partial charge in [0.2, 0.25) is 53.2 Å². The van der Waals surface area contributed by atoms with Gasteiger partial charge in [-0.3, -0.25) is 52.7 Å². The van der Waals surface area contributed by atoms with Crippen LogP contribution in [0.4, 0.5) is 0 Å². The Morgan fingerprint density at radius 3 is 1.64 bits per heavy atom. The molecule has 2 aliphatic rings. The topological polar surface area (TPSA) is 317 Å². The summed E-state index contributed by atoms with van der Waals surface area (Å²) in [5, 5.41) is 21.6. The van der Waals surface area contributed by atoms with Crippen LogP contribution < -0.4 is 21.3 Å². The zero-order valence-electron chi connectivity index (χ0n) is 51.6. The number of aliphatic hydroxyl groups excluding tert-OH is 1. The predicted octanol–water partition coefficient (Wildman–Crippen LogP) is 1.11. The molecule has 2 aliphatic heterocycles.